The van der Waals surface area contributed by atoms with Gasteiger partial charge in [-0.05, 0) is 43.7 Å². The molecule has 0 radical (unpaired) electrons. The fraction of sp³-hybridized carbons (Fsp3) is 0.333. The molecule has 0 saturated carbocycles. The summed E-state index contributed by atoms with van der Waals surface area (Å²) in [5.41, 5.74) is 2.73. The van der Waals surface area contributed by atoms with Crippen molar-refractivity contribution in [3.8, 4) is 11.1 Å². The maximum Gasteiger partial charge on any atom is 0.165 e. The molecule has 25 heavy (non-hydrogen) atoms. The summed E-state index contributed by atoms with van der Waals surface area (Å²) in [6, 6.07) is 6.95. The van der Waals surface area contributed by atoms with Gasteiger partial charge in [-0.2, -0.15) is 5.10 Å². The number of fused-ring (bicyclic) bond motifs is 4. The third-order valence-corrected chi connectivity index (χ3v) is 4.34. The van der Waals surface area contributed by atoms with Gasteiger partial charge in [-0.25, -0.2) is 13.9 Å². The van der Waals surface area contributed by atoms with Crippen molar-refractivity contribution in [2.45, 2.75) is 12.8 Å². The van der Waals surface area contributed by atoms with E-state index in [1.165, 1.54) is 6.07 Å². The minimum Gasteiger partial charge on any atom is -0.384 e. The molecule has 0 unspecified atom stereocenters. The zero-order chi connectivity index (χ0) is 17.1. The predicted molar refractivity (Wildman–Crippen MR) is 97.5 cm³/mol. The molecule has 1 aliphatic rings. The van der Waals surface area contributed by atoms with Gasteiger partial charge in [0.2, 0.25) is 0 Å². The number of hydrogen-bond acceptors (Lipinski definition) is 5. The van der Waals surface area contributed by atoms with Gasteiger partial charge in [-0.3, -0.25) is 0 Å². The van der Waals surface area contributed by atoms with Crippen molar-refractivity contribution in [2.75, 3.05) is 36.8 Å². The van der Waals surface area contributed by atoms with E-state index < -0.39 is 0 Å². The normalized spacial score (nSPS) is 15.7. The Morgan fingerprint density at radius 3 is 2.84 bits per heavy atom. The van der Waals surface area contributed by atoms with Crippen molar-refractivity contribution in [2.24, 2.45) is 0 Å². The molecule has 4 rings (SSSR count). The highest BCUT2D eigenvalue weighted by Gasteiger charge is 2.14. The molecule has 1 aliphatic heterocycles. The topological polar surface area (TPSA) is 66.3 Å². The summed E-state index contributed by atoms with van der Waals surface area (Å²) in [5, 5.41) is 14.4. The molecule has 3 heterocycles. The molecule has 1 aromatic carbocycles. The summed E-state index contributed by atoms with van der Waals surface area (Å²) in [5.74, 6) is 0.504. The van der Waals surface area contributed by atoms with Crippen LogP contribution in [0.15, 0.2) is 36.7 Å². The van der Waals surface area contributed by atoms with Gasteiger partial charge in [0.1, 0.15) is 11.6 Å². The number of rotatable bonds is 0. The zero-order valence-corrected chi connectivity index (χ0v) is 13.9. The number of aromatic nitrogens is 3. The molecule has 3 N–H and O–H groups in total. The van der Waals surface area contributed by atoms with Crippen molar-refractivity contribution < 1.29 is 4.39 Å². The van der Waals surface area contributed by atoms with E-state index in [1.807, 2.05) is 18.3 Å². The standard InChI is InChI=1S/C18H21FN6/c19-16-4-3-13-11-14(16)15-12-23-25-10-5-17(24-18(15)25)22-7-2-1-6-20-8-9-21-13/h3-5,10-12,20-21H,1-2,6-9H2,(H,22,24). The Labute approximate surface area is 145 Å². The van der Waals surface area contributed by atoms with E-state index in [1.54, 1.807) is 16.8 Å². The number of nitrogens with zero attached hydrogens (tertiary/aromatic N) is 3. The first kappa shape index (κ1) is 15.8. The molecule has 0 aliphatic carbocycles. The van der Waals surface area contributed by atoms with Crippen LogP contribution in [-0.2, 0) is 0 Å². The monoisotopic (exact) mass is 340 g/mol. The van der Waals surface area contributed by atoms with E-state index in [0.717, 1.165) is 50.5 Å². The van der Waals surface area contributed by atoms with Crippen LogP contribution in [0.1, 0.15) is 12.8 Å². The van der Waals surface area contributed by atoms with E-state index in [0.29, 0.717) is 16.8 Å². The summed E-state index contributed by atoms with van der Waals surface area (Å²) in [6.45, 7) is 3.51. The molecule has 3 aromatic rings. The average molecular weight is 340 g/mol. The van der Waals surface area contributed by atoms with Gasteiger partial charge in [0.25, 0.3) is 0 Å². The molecule has 0 amide bonds. The van der Waals surface area contributed by atoms with Crippen molar-refractivity contribution in [3.05, 3.63) is 42.5 Å². The third kappa shape index (κ3) is 3.41. The molecule has 7 heteroatoms. The molecule has 0 spiro atoms. The number of anilines is 2. The highest BCUT2D eigenvalue weighted by atomic mass is 19.1. The van der Waals surface area contributed by atoms with Crippen LogP contribution in [0.4, 0.5) is 15.9 Å². The molecule has 0 fully saturated rings. The van der Waals surface area contributed by atoms with Crippen LogP contribution < -0.4 is 16.0 Å². The average Bonchev–Trinajstić information content (AvgIpc) is 3.04. The van der Waals surface area contributed by atoms with E-state index in [2.05, 4.69) is 26.0 Å². The second kappa shape index (κ2) is 7.06. The van der Waals surface area contributed by atoms with Crippen molar-refractivity contribution in [3.63, 3.8) is 0 Å². The van der Waals surface area contributed by atoms with E-state index in [-0.39, 0.29) is 5.82 Å². The molecule has 0 saturated heterocycles. The van der Waals surface area contributed by atoms with Gasteiger partial charge in [0.15, 0.2) is 5.65 Å². The van der Waals surface area contributed by atoms with Gasteiger partial charge < -0.3 is 16.0 Å². The molecular weight excluding hydrogens is 319 g/mol. The Morgan fingerprint density at radius 1 is 0.960 bits per heavy atom. The lowest BCUT2D eigenvalue weighted by atomic mass is 10.1. The lowest BCUT2D eigenvalue weighted by Crippen LogP contribution is -2.23. The Morgan fingerprint density at radius 2 is 1.88 bits per heavy atom. The summed E-state index contributed by atoms with van der Waals surface area (Å²) in [7, 11) is 0. The van der Waals surface area contributed by atoms with E-state index >= 15 is 0 Å². The molecule has 2 aromatic heterocycles. The Kier molecular flexibility index (Phi) is 4.47. The van der Waals surface area contributed by atoms with Crippen LogP contribution >= 0.6 is 0 Å². The van der Waals surface area contributed by atoms with Crippen LogP contribution in [0.2, 0.25) is 0 Å². The first-order valence-electron chi connectivity index (χ1n) is 8.64. The minimum absolute atomic E-state index is 0.278. The van der Waals surface area contributed by atoms with Gasteiger partial charge in [-0.15, -0.1) is 0 Å². The Balaban J connectivity index is 1.77. The second-order valence-corrected chi connectivity index (χ2v) is 6.14. The maximum absolute atomic E-state index is 14.4. The smallest absolute Gasteiger partial charge is 0.165 e. The summed E-state index contributed by atoms with van der Waals surface area (Å²) < 4.78 is 16.1. The van der Waals surface area contributed by atoms with Crippen molar-refractivity contribution in [1.82, 2.24) is 19.9 Å². The SMILES string of the molecule is Fc1ccc2cc1-c1cnn3ccc(nc13)NCCCCNCCN2. The quantitative estimate of drug-likeness (QED) is 0.587. The van der Waals surface area contributed by atoms with Crippen LogP contribution in [0.25, 0.3) is 16.8 Å². The van der Waals surface area contributed by atoms with Crippen LogP contribution in [0.3, 0.4) is 0 Å². The van der Waals surface area contributed by atoms with E-state index in [9.17, 15) is 4.39 Å². The molecule has 0 atom stereocenters. The van der Waals surface area contributed by atoms with Crippen LogP contribution in [0.5, 0.6) is 0 Å². The zero-order valence-electron chi connectivity index (χ0n) is 13.9. The first-order valence-corrected chi connectivity index (χ1v) is 8.64. The van der Waals surface area contributed by atoms with E-state index in [4.69, 9.17) is 0 Å². The Bertz CT molecular complexity index is 875. The van der Waals surface area contributed by atoms with Gasteiger partial charge >= 0.3 is 0 Å². The van der Waals surface area contributed by atoms with Crippen molar-refractivity contribution in [1.29, 1.82) is 0 Å². The molecule has 4 bridgehead atoms. The summed E-state index contributed by atoms with van der Waals surface area (Å²) >= 11 is 0. The fourth-order valence-electron chi connectivity index (χ4n) is 3.01. The predicted octanol–water partition coefficient (Wildman–Crippen LogP) is 2.74. The molecule has 130 valence electrons. The molecule has 6 nitrogen and oxygen atoms in total. The van der Waals surface area contributed by atoms with Crippen LogP contribution in [-0.4, -0.2) is 40.8 Å². The first-order chi connectivity index (χ1) is 12.3. The number of nitrogens with one attached hydrogen (secondary N) is 3. The number of benzene rings is 1. The third-order valence-electron chi connectivity index (χ3n) is 4.34. The Hall–Kier alpha value is -2.67. The lowest BCUT2D eigenvalue weighted by molar-refractivity contribution is 0.631. The van der Waals surface area contributed by atoms with Gasteiger partial charge in [0, 0.05) is 42.6 Å². The van der Waals surface area contributed by atoms with Crippen LogP contribution in [0, 0.1) is 5.82 Å². The number of hydrogen-bond donors (Lipinski definition) is 3. The summed E-state index contributed by atoms with van der Waals surface area (Å²) in [6.07, 6.45) is 5.68. The van der Waals surface area contributed by atoms with Gasteiger partial charge in [0.05, 0.1) is 6.20 Å². The van der Waals surface area contributed by atoms with Gasteiger partial charge in [-0.1, -0.05) is 0 Å². The number of halogens is 1. The molecular formula is C18H21FN6. The highest BCUT2D eigenvalue weighted by molar-refractivity contribution is 5.80. The second-order valence-electron chi connectivity index (χ2n) is 6.14. The minimum atomic E-state index is -0.278. The lowest BCUT2D eigenvalue weighted by Gasteiger charge is -2.11. The highest BCUT2D eigenvalue weighted by Crippen LogP contribution is 2.29. The largest absolute Gasteiger partial charge is 0.384 e. The fourth-order valence-corrected chi connectivity index (χ4v) is 3.01. The van der Waals surface area contributed by atoms with Crippen molar-refractivity contribution >= 4 is 17.2 Å². The maximum atomic E-state index is 14.4. The summed E-state index contributed by atoms with van der Waals surface area (Å²) in [4.78, 5) is 4.63.